The second-order valence-electron chi connectivity index (χ2n) is 4.95. The van der Waals surface area contributed by atoms with Crippen molar-refractivity contribution in [3.63, 3.8) is 0 Å². The van der Waals surface area contributed by atoms with Gasteiger partial charge in [-0.05, 0) is 6.92 Å². The molecule has 2 aromatic rings. The molecular weight excluding hydrogens is 274 g/mol. The van der Waals surface area contributed by atoms with E-state index in [9.17, 15) is 9.59 Å². The quantitative estimate of drug-likeness (QED) is 0.838. The highest BCUT2D eigenvalue weighted by Crippen LogP contribution is 2.25. The average molecular weight is 289 g/mol. The van der Waals surface area contributed by atoms with Crippen LogP contribution in [0.25, 0.3) is 0 Å². The minimum absolute atomic E-state index is 0.0237. The van der Waals surface area contributed by atoms with Gasteiger partial charge < -0.3 is 9.64 Å². The van der Waals surface area contributed by atoms with Crippen molar-refractivity contribution in [3.8, 4) is 0 Å². The maximum absolute atomic E-state index is 12.4. The van der Waals surface area contributed by atoms with Crippen LogP contribution in [0.5, 0.6) is 0 Å². The maximum atomic E-state index is 12.4. The Morgan fingerprint density at radius 2 is 2.29 bits per heavy atom. The monoisotopic (exact) mass is 289 g/mol. The molecule has 0 unspecified atom stereocenters. The molecule has 0 fully saturated rings. The van der Waals surface area contributed by atoms with Crippen molar-refractivity contribution in [1.29, 1.82) is 0 Å². The lowest BCUT2D eigenvalue weighted by molar-refractivity contribution is 0.0932. The number of amides is 1. The molecule has 0 saturated carbocycles. The molecule has 1 aliphatic rings. The Morgan fingerprint density at radius 3 is 2.95 bits per heavy atom. The van der Waals surface area contributed by atoms with Gasteiger partial charge >= 0.3 is 6.09 Å². The zero-order chi connectivity index (χ0) is 15.0. The van der Waals surface area contributed by atoms with Crippen LogP contribution in [0, 0.1) is 0 Å². The van der Waals surface area contributed by atoms with E-state index in [-0.39, 0.29) is 11.9 Å². The Balaban J connectivity index is 1.94. The van der Waals surface area contributed by atoms with Gasteiger partial charge in [0.25, 0.3) is 5.91 Å². The van der Waals surface area contributed by atoms with Crippen LogP contribution in [-0.4, -0.2) is 49.8 Å². The average Bonchev–Trinajstić information content (AvgIpc) is 3.14. The van der Waals surface area contributed by atoms with Crippen LogP contribution < -0.4 is 0 Å². The number of carbonyl (C=O) groups excluding carboxylic acids is 2. The Kier molecular flexibility index (Phi) is 3.20. The van der Waals surface area contributed by atoms with Gasteiger partial charge in [-0.15, -0.1) is 0 Å². The molecule has 110 valence electrons. The molecule has 0 spiro atoms. The van der Waals surface area contributed by atoms with Gasteiger partial charge in [-0.2, -0.15) is 5.10 Å². The number of nitrogens with zero attached hydrogens (tertiary/aromatic N) is 4. The van der Waals surface area contributed by atoms with Crippen molar-refractivity contribution in [3.05, 3.63) is 35.7 Å². The summed E-state index contributed by atoms with van der Waals surface area (Å²) in [5.74, 6) is -0.249. The molecule has 0 bridgehead atoms. The SMILES string of the molecule is COC(=O)N1Cc2c(n[nH]c2C(=O)n2ccnc2)C[C@H]1C. The first-order valence-corrected chi connectivity index (χ1v) is 6.55. The van der Waals surface area contributed by atoms with E-state index in [1.54, 1.807) is 11.1 Å². The molecule has 8 heteroatoms. The molecule has 0 aromatic carbocycles. The minimum Gasteiger partial charge on any atom is -0.453 e. The number of methoxy groups -OCH3 is 1. The zero-order valence-corrected chi connectivity index (χ0v) is 11.7. The van der Waals surface area contributed by atoms with E-state index in [2.05, 4.69) is 15.2 Å². The van der Waals surface area contributed by atoms with Crippen molar-refractivity contribution < 1.29 is 14.3 Å². The minimum atomic E-state index is -0.407. The molecule has 8 nitrogen and oxygen atoms in total. The molecule has 1 N–H and O–H groups in total. The highest BCUT2D eigenvalue weighted by molar-refractivity contribution is 5.95. The van der Waals surface area contributed by atoms with Gasteiger partial charge in [-0.25, -0.2) is 9.78 Å². The lowest BCUT2D eigenvalue weighted by atomic mass is 10.00. The number of nitrogens with one attached hydrogen (secondary N) is 1. The van der Waals surface area contributed by atoms with Gasteiger partial charge in [0.05, 0.1) is 19.3 Å². The second-order valence-corrected chi connectivity index (χ2v) is 4.95. The van der Waals surface area contributed by atoms with E-state index in [1.165, 1.54) is 24.2 Å². The first kappa shape index (κ1) is 13.3. The topological polar surface area (TPSA) is 93.1 Å². The van der Waals surface area contributed by atoms with Gasteiger partial charge in [0.1, 0.15) is 12.0 Å². The van der Waals surface area contributed by atoms with Crippen LogP contribution in [-0.2, 0) is 17.7 Å². The lowest BCUT2D eigenvalue weighted by Gasteiger charge is -2.31. The molecule has 0 saturated heterocycles. The van der Waals surface area contributed by atoms with Gasteiger partial charge in [-0.1, -0.05) is 0 Å². The Labute approximate surface area is 120 Å². The van der Waals surface area contributed by atoms with Gasteiger partial charge in [0.2, 0.25) is 0 Å². The van der Waals surface area contributed by atoms with Crippen LogP contribution in [0.1, 0.15) is 28.7 Å². The number of rotatable bonds is 1. The van der Waals surface area contributed by atoms with Crippen molar-refractivity contribution >= 4 is 12.0 Å². The van der Waals surface area contributed by atoms with Crippen molar-refractivity contribution in [2.24, 2.45) is 0 Å². The molecule has 3 rings (SSSR count). The predicted molar refractivity (Wildman–Crippen MR) is 71.7 cm³/mol. The molecule has 1 amide bonds. The fourth-order valence-electron chi connectivity index (χ4n) is 2.50. The third-order valence-corrected chi connectivity index (χ3v) is 3.66. The molecule has 0 radical (unpaired) electrons. The number of aromatic amines is 1. The number of hydrogen-bond donors (Lipinski definition) is 1. The summed E-state index contributed by atoms with van der Waals surface area (Å²) >= 11 is 0. The first-order chi connectivity index (χ1) is 10.1. The summed E-state index contributed by atoms with van der Waals surface area (Å²) in [7, 11) is 1.34. The summed E-state index contributed by atoms with van der Waals surface area (Å²) in [4.78, 5) is 29.6. The van der Waals surface area contributed by atoms with E-state index >= 15 is 0 Å². The van der Waals surface area contributed by atoms with Gasteiger partial charge in [-0.3, -0.25) is 14.5 Å². The summed E-state index contributed by atoms with van der Waals surface area (Å²) in [6.45, 7) is 2.22. The predicted octanol–water partition coefficient (Wildman–Crippen LogP) is 0.808. The summed E-state index contributed by atoms with van der Waals surface area (Å²) in [5, 5.41) is 6.97. The third-order valence-electron chi connectivity index (χ3n) is 3.66. The number of H-pyrrole nitrogens is 1. The number of imidazole rings is 1. The summed E-state index contributed by atoms with van der Waals surface area (Å²) in [6, 6.07) is -0.0237. The normalized spacial score (nSPS) is 17.4. The van der Waals surface area contributed by atoms with Crippen LogP contribution in [0.3, 0.4) is 0 Å². The fraction of sp³-hybridized carbons (Fsp3) is 0.385. The van der Waals surface area contributed by atoms with Gasteiger partial charge in [0.15, 0.2) is 0 Å². The van der Waals surface area contributed by atoms with Crippen molar-refractivity contribution in [2.45, 2.75) is 25.9 Å². The summed E-state index contributed by atoms with van der Waals surface area (Å²) in [6.07, 6.45) is 4.70. The molecular formula is C13H15N5O3. The van der Waals surface area contributed by atoms with Gasteiger partial charge in [0, 0.05) is 30.4 Å². The van der Waals surface area contributed by atoms with Crippen LogP contribution >= 0.6 is 0 Å². The van der Waals surface area contributed by atoms with E-state index in [1.807, 2.05) is 6.92 Å². The summed E-state index contributed by atoms with van der Waals surface area (Å²) in [5.41, 5.74) is 1.92. The Morgan fingerprint density at radius 1 is 1.48 bits per heavy atom. The smallest absolute Gasteiger partial charge is 0.410 e. The van der Waals surface area contributed by atoms with Crippen LogP contribution in [0.4, 0.5) is 4.79 Å². The number of hydrogen-bond acceptors (Lipinski definition) is 5. The zero-order valence-electron chi connectivity index (χ0n) is 11.7. The summed E-state index contributed by atoms with van der Waals surface area (Å²) < 4.78 is 6.15. The van der Waals surface area contributed by atoms with E-state index in [0.29, 0.717) is 18.7 Å². The molecule has 21 heavy (non-hydrogen) atoms. The van der Waals surface area contributed by atoms with E-state index < -0.39 is 6.09 Å². The highest BCUT2D eigenvalue weighted by atomic mass is 16.5. The standard InChI is InChI=1S/C13H15N5O3/c1-8-5-10-9(6-18(8)13(20)21-2)11(16-15-10)12(19)17-4-3-14-7-17/h3-4,7-8H,5-6H2,1-2H3,(H,15,16)/t8-/m1/s1. The van der Waals surface area contributed by atoms with E-state index in [4.69, 9.17) is 4.74 Å². The number of fused-ring (bicyclic) bond motifs is 1. The molecule has 3 heterocycles. The van der Waals surface area contributed by atoms with Crippen LogP contribution in [0.15, 0.2) is 18.7 Å². The molecule has 2 aromatic heterocycles. The van der Waals surface area contributed by atoms with Crippen LogP contribution in [0.2, 0.25) is 0 Å². The first-order valence-electron chi connectivity index (χ1n) is 6.55. The van der Waals surface area contributed by atoms with Crippen molar-refractivity contribution in [1.82, 2.24) is 24.6 Å². The number of carbonyl (C=O) groups is 2. The largest absolute Gasteiger partial charge is 0.453 e. The third kappa shape index (κ3) is 2.18. The molecule has 1 atom stereocenters. The van der Waals surface area contributed by atoms with Crippen molar-refractivity contribution in [2.75, 3.05) is 7.11 Å². The highest BCUT2D eigenvalue weighted by Gasteiger charge is 2.32. The molecule has 0 aliphatic carbocycles. The molecule has 1 aliphatic heterocycles. The Bertz CT molecular complexity index is 676. The number of ether oxygens (including phenoxy) is 1. The number of aromatic nitrogens is 4. The maximum Gasteiger partial charge on any atom is 0.410 e. The second kappa shape index (κ2) is 5.04. The fourth-order valence-corrected chi connectivity index (χ4v) is 2.50. The lowest BCUT2D eigenvalue weighted by Crippen LogP contribution is -2.42. The Hall–Kier alpha value is -2.64. The van der Waals surface area contributed by atoms with E-state index in [0.717, 1.165) is 11.3 Å².